The topological polar surface area (TPSA) is 89.2 Å². The van der Waals surface area contributed by atoms with Crippen molar-refractivity contribution in [2.45, 2.75) is 38.5 Å². The predicted molar refractivity (Wildman–Crippen MR) is 121 cm³/mol. The molecule has 7 heteroatoms. The summed E-state index contributed by atoms with van der Waals surface area (Å²) in [5, 5.41) is 16.8. The number of hydrogen-bond donors (Lipinski definition) is 1. The van der Waals surface area contributed by atoms with Crippen LogP contribution in [-0.2, 0) is 4.79 Å². The van der Waals surface area contributed by atoms with Crippen molar-refractivity contribution in [3.05, 3.63) is 65.9 Å². The van der Waals surface area contributed by atoms with Gasteiger partial charge in [0.1, 0.15) is 5.82 Å². The summed E-state index contributed by atoms with van der Waals surface area (Å²) in [6.07, 6.45) is 4.68. The van der Waals surface area contributed by atoms with E-state index in [0.717, 1.165) is 24.2 Å². The number of carbonyl (C=O) groups excluding carboxylic acids is 1. The van der Waals surface area contributed by atoms with Gasteiger partial charge in [-0.15, -0.1) is 0 Å². The Labute approximate surface area is 187 Å². The maximum atomic E-state index is 12.7. The first kappa shape index (κ1) is 21.4. The quantitative estimate of drug-likeness (QED) is 0.554. The number of amides is 1. The van der Waals surface area contributed by atoms with Crippen molar-refractivity contribution in [3.8, 4) is 23.3 Å². The third-order valence-corrected chi connectivity index (χ3v) is 5.50. The van der Waals surface area contributed by atoms with Crippen molar-refractivity contribution in [1.82, 2.24) is 9.78 Å². The molecule has 1 amide bonds. The molecule has 4 rings (SSSR count). The molecule has 0 atom stereocenters. The van der Waals surface area contributed by atoms with Crippen molar-refractivity contribution in [2.75, 3.05) is 18.5 Å². The van der Waals surface area contributed by atoms with Gasteiger partial charge >= 0.3 is 0 Å². The summed E-state index contributed by atoms with van der Waals surface area (Å²) in [6, 6.07) is 18.7. The van der Waals surface area contributed by atoms with E-state index in [1.54, 1.807) is 22.9 Å². The van der Waals surface area contributed by atoms with E-state index in [9.17, 15) is 4.79 Å². The second-order valence-corrected chi connectivity index (χ2v) is 7.73. The Morgan fingerprint density at radius 1 is 1.12 bits per heavy atom. The van der Waals surface area contributed by atoms with Crippen LogP contribution in [0, 0.1) is 11.3 Å². The summed E-state index contributed by atoms with van der Waals surface area (Å²) < 4.78 is 13.0. The summed E-state index contributed by atoms with van der Waals surface area (Å²) in [5.74, 6) is 1.61. The number of carbonyl (C=O) groups is 1. The van der Waals surface area contributed by atoms with Crippen molar-refractivity contribution >= 4 is 11.7 Å². The van der Waals surface area contributed by atoms with Crippen LogP contribution >= 0.6 is 0 Å². The van der Waals surface area contributed by atoms with Crippen molar-refractivity contribution in [3.63, 3.8) is 0 Å². The highest BCUT2D eigenvalue weighted by Crippen LogP contribution is 2.35. The molecule has 1 heterocycles. The lowest BCUT2D eigenvalue weighted by Gasteiger charge is -2.12. The summed E-state index contributed by atoms with van der Waals surface area (Å²) in [5.41, 5.74) is 2.36. The molecule has 1 fully saturated rings. The molecule has 0 unspecified atom stereocenters. The van der Waals surface area contributed by atoms with Crippen LogP contribution in [0.4, 0.5) is 5.82 Å². The number of aromatic nitrogens is 2. The number of benzene rings is 2. The number of anilines is 1. The summed E-state index contributed by atoms with van der Waals surface area (Å²) in [7, 11) is 0. The second kappa shape index (κ2) is 10.0. The maximum absolute atomic E-state index is 12.7. The maximum Gasteiger partial charge on any atom is 0.263 e. The largest absolute Gasteiger partial charge is 0.490 e. The molecular weight excluding hydrogens is 404 g/mol. The monoisotopic (exact) mass is 430 g/mol. The van der Waals surface area contributed by atoms with Crippen molar-refractivity contribution in [1.29, 1.82) is 5.26 Å². The lowest BCUT2D eigenvalue weighted by molar-refractivity contribution is -0.118. The Morgan fingerprint density at radius 2 is 1.91 bits per heavy atom. The fourth-order valence-electron chi connectivity index (χ4n) is 3.96. The number of hydrogen-bond acceptors (Lipinski definition) is 5. The SMILES string of the molecule is CCOc1cc(C#N)ccc1OCC(=O)Nc1cc(C2CCCC2)nn1-c1ccccc1. The number of nitrogens with zero attached hydrogens (tertiary/aromatic N) is 3. The van der Waals surface area contributed by atoms with Crippen molar-refractivity contribution in [2.24, 2.45) is 0 Å². The molecule has 1 saturated carbocycles. The Balaban J connectivity index is 1.50. The number of rotatable bonds is 8. The van der Waals surface area contributed by atoms with E-state index in [1.165, 1.54) is 12.8 Å². The molecule has 1 aromatic heterocycles. The Bertz CT molecular complexity index is 1110. The molecule has 2 aromatic carbocycles. The van der Waals surface area contributed by atoms with Gasteiger partial charge in [0.2, 0.25) is 0 Å². The van der Waals surface area contributed by atoms with E-state index in [0.29, 0.717) is 35.4 Å². The average Bonchev–Trinajstić information content (AvgIpc) is 3.49. The molecule has 0 radical (unpaired) electrons. The number of para-hydroxylation sites is 1. The number of ether oxygens (including phenoxy) is 2. The first-order valence-corrected chi connectivity index (χ1v) is 10.9. The molecule has 0 spiro atoms. The normalized spacial score (nSPS) is 13.5. The lowest BCUT2D eigenvalue weighted by Crippen LogP contribution is -2.22. The molecule has 1 aliphatic rings. The summed E-state index contributed by atoms with van der Waals surface area (Å²) in [6.45, 7) is 2.09. The highest BCUT2D eigenvalue weighted by molar-refractivity contribution is 5.91. The molecule has 7 nitrogen and oxygen atoms in total. The van der Waals surface area contributed by atoms with Gasteiger partial charge in [0.25, 0.3) is 5.91 Å². The zero-order valence-corrected chi connectivity index (χ0v) is 18.1. The molecule has 1 N–H and O–H groups in total. The Morgan fingerprint density at radius 3 is 2.62 bits per heavy atom. The minimum atomic E-state index is -0.299. The average molecular weight is 431 g/mol. The van der Waals surface area contributed by atoms with Gasteiger partial charge in [-0.1, -0.05) is 31.0 Å². The van der Waals surface area contributed by atoms with Gasteiger partial charge in [-0.25, -0.2) is 4.68 Å². The van der Waals surface area contributed by atoms with Crippen LogP contribution in [0.15, 0.2) is 54.6 Å². The third kappa shape index (κ3) is 4.92. The molecule has 0 saturated heterocycles. The van der Waals surface area contributed by atoms with E-state index in [1.807, 2.05) is 43.3 Å². The van der Waals surface area contributed by atoms with Crippen LogP contribution in [-0.4, -0.2) is 28.9 Å². The summed E-state index contributed by atoms with van der Waals surface area (Å²) >= 11 is 0. The molecule has 3 aromatic rings. The fourth-order valence-corrected chi connectivity index (χ4v) is 3.96. The van der Waals surface area contributed by atoms with Crippen LogP contribution in [0.5, 0.6) is 11.5 Å². The minimum Gasteiger partial charge on any atom is -0.490 e. The van der Waals surface area contributed by atoms with Gasteiger partial charge in [-0.05, 0) is 44.0 Å². The third-order valence-electron chi connectivity index (χ3n) is 5.50. The Kier molecular flexibility index (Phi) is 6.71. The van der Waals surface area contributed by atoms with Gasteiger partial charge in [-0.3, -0.25) is 4.79 Å². The van der Waals surface area contributed by atoms with Crippen molar-refractivity contribution < 1.29 is 14.3 Å². The zero-order chi connectivity index (χ0) is 22.3. The smallest absolute Gasteiger partial charge is 0.263 e. The van der Waals surface area contributed by atoms with Gasteiger partial charge in [0.05, 0.1) is 29.6 Å². The van der Waals surface area contributed by atoms with E-state index >= 15 is 0 Å². The number of nitriles is 1. The highest BCUT2D eigenvalue weighted by Gasteiger charge is 2.22. The molecule has 1 aliphatic carbocycles. The molecule has 164 valence electrons. The van der Waals surface area contributed by atoms with E-state index in [-0.39, 0.29) is 12.5 Å². The van der Waals surface area contributed by atoms with Gasteiger partial charge in [0, 0.05) is 18.1 Å². The van der Waals surface area contributed by atoms with Crippen LogP contribution < -0.4 is 14.8 Å². The zero-order valence-electron chi connectivity index (χ0n) is 18.1. The highest BCUT2D eigenvalue weighted by atomic mass is 16.5. The number of nitrogens with one attached hydrogen (secondary N) is 1. The van der Waals surface area contributed by atoms with E-state index in [4.69, 9.17) is 19.8 Å². The second-order valence-electron chi connectivity index (χ2n) is 7.73. The van der Waals surface area contributed by atoms with E-state index in [2.05, 4.69) is 11.4 Å². The first-order chi connectivity index (χ1) is 15.7. The minimum absolute atomic E-state index is 0.190. The molecule has 0 bridgehead atoms. The fraction of sp³-hybridized carbons (Fsp3) is 0.320. The molecule has 0 aliphatic heterocycles. The molecule has 32 heavy (non-hydrogen) atoms. The Hall–Kier alpha value is -3.79. The predicted octanol–water partition coefficient (Wildman–Crippen LogP) is 4.82. The van der Waals surface area contributed by atoms with E-state index < -0.39 is 0 Å². The summed E-state index contributed by atoms with van der Waals surface area (Å²) in [4.78, 5) is 12.7. The van der Waals surface area contributed by atoms with Crippen LogP contribution in [0.2, 0.25) is 0 Å². The van der Waals surface area contributed by atoms with Crippen LogP contribution in [0.1, 0.15) is 49.8 Å². The van der Waals surface area contributed by atoms with Crippen LogP contribution in [0.25, 0.3) is 5.69 Å². The van der Waals surface area contributed by atoms with Gasteiger partial charge in [0.15, 0.2) is 18.1 Å². The first-order valence-electron chi connectivity index (χ1n) is 10.9. The van der Waals surface area contributed by atoms with Gasteiger partial charge < -0.3 is 14.8 Å². The molecular formula is C25H26N4O3. The van der Waals surface area contributed by atoms with Crippen LogP contribution in [0.3, 0.4) is 0 Å². The standard InChI is InChI=1S/C25H26N4O3/c1-2-31-23-14-18(16-26)12-13-22(23)32-17-25(30)27-24-15-21(19-8-6-7-9-19)28-29(24)20-10-4-3-5-11-20/h3-5,10-15,19H,2,6-9,17H2,1H3,(H,27,30). The van der Waals surface area contributed by atoms with Gasteiger partial charge in [-0.2, -0.15) is 10.4 Å². The lowest BCUT2D eigenvalue weighted by atomic mass is 10.0.